The van der Waals surface area contributed by atoms with Crippen molar-refractivity contribution >= 4 is 24.0 Å². The highest BCUT2D eigenvalue weighted by molar-refractivity contribution is 7.81. The molecule has 106 valence electrons. The molecule has 0 radical (unpaired) electrons. The van der Waals surface area contributed by atoms with Crippen LogP contribution in [0.15, 0.2) is 72.1 Å². The van der Waals surface area contributed by atoms with Crippen molar-refractivity contribution in [3.05, 3.63) is 88.1 Å². The summed E-state index contributed by atoms with van der Waals surface area (Å²) in [7, 11) is 0. The molecule has 0 saturated carbocycles. The van der Waals surface area contributed by atoms with Gasteiger partial charge in [-0.25, -0.2) is 0 Å². The summed E-state index contributed by atoms with van der Waals surface area (Å²) in [6.45, 7) is 0.584. The van der Waals surface area contributed by atoms with Crippen LogP contribution in [0.25, 0.3) is 0 Å². The summed E-state index contributed by atoms with van der Waals surface area (Å²) in [5, 5.41) is 2.18. The van der Waals surface area contributed by atoms with Crippen LogP contribution in [0.4, 0.5) is 0 Å². The van der Waals surface area contributed by atoms with Crippen molar-refractivity contribution in [2.75, 3.05) is 0 Å². The maximum atomic E-state index is 5.87. The van der Waals surface area contributed by atoms with E-state index >= 15 is 0 Å². The van der Waals surface area contributed by atoms with Gasteiger partial charge >= 0.3 is 0 Å². The largest absolute Gasteiger partial charge is 0.489 e. The third-order valence-corrected chi connectivity index (χ3v) is 4.92. The van der Waals surface area contributed by atoms with Crippen molar-refractivity contribution in [3.63, 3.8) is 0 Å². The fourth-order valence-electron chi connectivity index (χ4n) is 2.13. The second kappa shape index (κ2) is 6.83. The number of rotatable bonds is 5. The Morgan fingerprint density at radius 3 is 2.57 bits per heavy atom. The minimum absolute atomic E-state index is 0.102. The Labute approximate surface area is 134 Å². The average molecular weight is 312 g/mol. The maximum Gasteiger partial charge on any atom is 0.120 e. The number of thiophene rings is 1. The minimum atomic E-state index is 0.102. The van der Waals surface area contributed by atoms with E-state index in [1.54, 1.807) is 11.3 Å². The Balaban J connectivity index is 1.71. The van der Waals surface area contributed by atoms with Crippen molar-refractivity contribution < 1.29 is 4.74 Å². The molecule has 1 aromatic heterocycles. The Morgan fingerprint density at radius 2 is 1.81 bits per heavy atom. The normalized spacial score (nSPS) is 12.0. The molecule has 0 N–H and O–H groups in total. The van der Waals surface area contributed by atoms with Gasteiger partial charge in [-0.05, 0) is 34.7 Å². The zero-order valence-corrected chi connectivity index (χ0v) is 13.2. The first-order valence-corrected chi connectivity index (χ1v) is 8.21. The van der Waals surface area contributed by atoms with Crippen LogP contribution in [-0.2, 0) is 6.61 Å². The maximum absolute atomic E-state index is 5.87. The first-order valence-electron chi connectivity index (χ1n) is 6.81. The van der Waals surface area contributed by atoms with E-state index < -0.39 is 0 Å². The number of benzene rings is 2. The average Bonchev–Trinajstić information content (AvgIpc) is 3.08. The number of thiol groups is 1. The summed E-state index contributed by atoms with van der Waals surface area (Å²) in [5.74, 6) is 0.881. The number of hydrogen-bond acceptors (Lipinski definition) is 3. The minimum Gasteiger partial charge on any atom is -0.489 e. The molecule has 1 nitrogen and oxygen atoms in total. The van der Waals surface area contributed by atoms with Gasteiger partial charge in [-0.2, -0.15) is 12.6 Å². The predicted octanol–water partition coefficient (Wildman–Crippen LogP) is 5.35. The second-order valence-electron chi connectivity index (χ2n) is 4.76. The van der Waals surface area contributed by atoms with Gasteiger partial charge in [-0.3, -0.25) is 0 Å². The molecule has 0 spiro atoms. The van der Waals surface area contributed by atoms with Crippen molar-refractivity contribution in [3.8, 4) is 5.75 Å². The topological polar surface area (TPSA) is 9.23 Å². The molecule has 0 saturated heterocycles. The zero-order valence-electron chi connectivity index (χ0n) is 11.5. The van der Waals surface area contributed by atoms with Crippen LogP contribution in [0, 0.1) is 0 Å². The van der Waals surface area contributed by atoms with Gasteiger partial charge in [0.25, 0.3) is 0 Å². The standard InChI is InChI=1S/C18H16OS2/c20-18(17-10-5-11-21-17)15-8-4-9-16(12-15)19-13-14-6-2-1-3-7-14/h1-12,18,20H,13H2. The van der Waals surface area contributed by atoms with E-state index in [2.05, 4.69) is 41.8 Å². The van der Waals surface area contributed by atoms with E-state index in [1.165, 1.54) is 10.4 Å². The van der Waals surface area contributed by atoms with Crippen molar-refractivity contribution in [2.45, 2.75) is 11.9 Å². The molecule has 3 aromatic rings. The number of hydrogen-bond donors (Lipinski definition) is 1. The van der Waals surface area contributed by atoms with E-state index in [1.807, 2.05) is 30.3 Å². The SMILES string of the molecule is SC(c1cccc(OCc2ccccc2)c1)c1cccs1. The van der Waals surface area contributed by atoms with Crippen molar-refractivity contribution in [1.29, 1.82) is 0 Å². The smallest absolute Gasteiger partial charge is 0.120 e. The Hall–Kier alpha value is -1.71. The molecular weight excluding hydrogens is 296 g/mol. The van der Waals surface area contributed by atoms with E-state index in [0.717, 1.165) is 11.3 Å². The van der Waals surface area contributed by atoms with Crippen LogP contribution >= 0.6 is 24.0 Å². The van der Waals surface area contributed by atoms with Crippen LogP contribution in [0.2, 0.25) is 0 Å². The third-order valence-electron chi connectivity index (χ3n) is 3.23. The van der Waals surface area contributed by atoms with Gasteiger partial charge in [-0.1, -0.05) is 48.5 Å². The van der Waals surface area contributed by atoms with Gasteiger partial charge in [0.15, 0.2) is 0 Å². The highest BCUT2D eigenvalue weighted by Crippen LogP contribution is 2.33. The van der Waals surface area contributed by atoms with E-state index in [-0.39, 0.29) is 5.25 Å². The lowest BCUT2D eigenvalue weighted by atomic mass is 10.1. The Kier molecular flexibility index (Phi) is 4.63. The molecule has 0 aliphatic rings. The molecule has 1 atom stereocenters. The van der Waals surface area contributed by atoms with Gasteiger partial charge in [0.1, 0.15) is 12.4 Å². The summed E-state index contributed by atoms with van der Waals surface area (Å²) in [5.41, 5.74) is 2.33. The van der Waals surface area contributed by atoms with E-state index in [4.69, 9.17) is 17.4 Å². The molecule has 1 unspecified atom stereocenters. The zero-order chi connectivity index (χ0) is 14.5. The third kappa shape index (κ3) is 3.69. The van der Waals surface area contributed by atoms with E-state index in [9.17, 15) is 0 Å². The Morgan fingerprint density at radius 1 is 0.952 bits per heavy atom. The molecule has 21 heavy (non-hydrogen) atoms. The van der Waals surface area contributed by atoms with Crippen molar-refractivity contribution in [1.82, 2.24) is 0 Å². The van der Waals surface area contributed by atoms with E-state index in [0.29, 0.717) is 6.61 Å². The molecule has 0 aliphatic heterocycles. The van der Waals surface area contributed by atoms with Crippen molar-refractivity contribution in [2.24, 2.45) is 0 Å². The lowest BCUT2D eigenvalue weighted by Gasteiger charge is -2.12. The summed E-state index contributed by atoms with van der Waals surface area (Å²) in [6, 6.07) is 22.5. The van der Waals surface area contributed by atoms with Gasteiger partial charge in [0.2, 0.25) is 0 Å². The molecule has 0 fully saturated rings. The molecule has 0 amide bonds. The van der Waals surface area contributed by atoms with Crippen LogP contribution in [0.1, 0.15) is 21.3 Å². The Bertz CT molecular complexity index is 677. The number of ether oxygens (including phenoxy) is 1. The lowest BCUT2D eigenvalue weighted by molar-refractivity contribution is 0.306. The molecular formula is C18H16OS2. The molecule has 3 rings (SSSR count). The fourth-order valence-corrected chi connectivity index (χ4v) is 3.29. The molecule has 3 heteroatoms. The first kappa shape index (κ1) is 14.2. The van der Waals surface area contributed by atoms with Gasteiger partial charge in [0, 0.05) is 4.88 Å². The summed E-state index contributed by atoms with van der Waals surface area (Å²) >= 11 is 6.44. The predicted molar refractivity (Wildman–Crippen MR) is 92.4 cm³/mol. The van der Waals surface area contributed by atoms with Crippen LogP contribution < -0.4 is 4.74 Å². The van der Waals surface area contributed by atoms with Crippen LogP contribution in [-0.4, -0.2) is 0 Å². The first-order chi connectivity index (χ1) is 10.3. The van der Waals surface area contributed by atoms with Crippen LogP contribution in [0.5, 0.6) is 5.75 Å². The summed E-state index contributed by atoms with van der Waals surface area (Å²) < 4.78 is 5.87. The lowest BCUT2D eigenvalue weighted by Crippen LogP contribution is -1.96. The monoisotopic (exact) mass is 312 g/mol. The molecule has 1 heterocycles. The highest BCUT2D eigenvalue weighted by atomic mass is 32.1. The highest BCUT2D eigenvalue weighted by Gasteiger charge is 2.11. The quantitative estimate of drug-likeness (QED) is 0.625. The van der Waals surface area contributed by atoms with Crippen LogP contribution in [0.3, 0.4) is 0 Å². The van der Waals surface area contributed by atoms with Gasteiger partial charge < -0.3 is 4.74 Å². The summed E-state index contributed by atoms with van der Waals surface area (Å²) in [4.78, 5) is 1.25. The molecule has 0 aliphatic carbocycles. The fraction of sp³-hybridized carbons (Fsp3) is 0.111. The van der Waals surface area contributed by atoms with Gasteiger partial charge in [-0.15, -0.1) is 11.3 Å². The molecule has 0 bridgehead atoms. The summed E-state index contributed by atoms with van der Waals surface area (Å²) in [6.07, 6.45) is 0. The molecule has 2 aromatic carbocycles. The van der Waals surface area contributed by atoms with Gasteiger partial charge in [0.05, 0.1) is 5.25 Å². The second-order valence-corrected chi connectivity index (χ2v) is 6.26.